The van der Waals surface area contributed by atoms with E-state index >= 15 is 0 Å². The first-order chi connectivity index (χ1) is 15.3. The molecule has 32 heavy (non-hydrogen) atoms. The fraction of sp³-hybridized carbons (Fsp3) is 0.273. The maximum absolute atomic E-state index is 13.2. The molecule has 1 saturated heterocycles. The van der Waals surface area contributed by atoms with Gasteiger partial charge < -0.3 is 14.8 Å². The van der Waals surface area contributed by atoms with Crippen LogP contribution >= 0.6 is 23.8 Å². The van der Waals surface area contributed by atoms with Crippen LogP contribution in [0.4, 0.5) is 4.39 Å². The highest BCUT2D eigenvalue weighted by molar-refractivity contribution is 7.71. The van der Waals surface area contributed by atoms with Crippen molar-refractivity contribution in [1.29, 1.82) is 0 Å². The van der Waals surface area contributed by atoms with Crippen LogP contribution in [-0.4, -0.2) is 57.3 Å². The Labute approximate surface area is 193 Å². The molecule has 0 spiro atoms. The Morgan fingerprint density at radius 3 is 2.47 bits per heavy atom. The SMILES string of the molecule is O=C(CCn1c(=S)[nH]c2ccccc2c1=O)N1CCN(C(=O)c2ccc(F)cc2Cl)CC1. The number of nitrogens with one attached hydrogen (secondary N) is 1. The van der Waals surface area contributed by atoms with Crippen LogP contribution in [0.5, 0.6) is 0 Å². The Kier molecular flexibility index (Phi) is 6.38. The smallest absolute Gasteiger partial charge is 0.262 e. The molecule has 1 fully saturated rings. The molecule has 166 valence electrons. The third kappa shape index (κ3) is 4.44. The van der Waals surface area contributed by atoms with Gasteiger partial charge in [-0.1, -0.05) is 23.7 Å². The monoisotopic (exact) mass is 474 g/mol. The molecule has 2 heterocycles. The lowest BCUT2D eigenvalue weighted by Gasteiger charge is -2.35. The molecule has 2 amide bonds. The number of carbonyl (C=O) groups excluding carboxylic acids is 2. The molecule has 1 aromatic heterocycles. The number of fused-ring (bicyclic) bond motifs is 1. The Hall–Kier alpha value is -3.04. The zero-order valence-corrected chi connectivity index (χ0v) is 18.6. The van der Waals surface area contributed by atoms with E-state index in [-0.39, 0.29) is 45.7 Å². The largest absolute Gasteiger partial charge is 0.339 e. The standard InChI is InChI=1S/C22H20ClFN4O3S/c23-17-13-14(24)5-6-15(17)20(30)27-11-9-26(10-12-27)19(29)7-8-28-21(31)16-3-1-2-4-18(16)25-22(28)32/h1-6,13H,7-12H2,(H,25,32). The van der Waals surface area contributed by atoms with E-state index in [0.717, 1.165) is 6.07 Å². The van der Waals surface area contributed by atoms with Crippen LogP contribution in [0.1, 0.15) is 16.8 Å². The summed E-state index contributed by atoms with van der Waals surface area (Å²) < 4.78 is 14.9. The van der Waals surface area contributed by atoms with Crippen molar-refractivity contribution in [3.05, 3.63) is 74.0 Å². The fourth-order valence-corrected chi connectivity index (χ4v) is 4.29. The van der Waals surface area contributed by atoms with E-state index in [1.165, 1.54) is 16.7 Å². The van der Waals surface area contributed by atoms with E-state index in [0.29, 0.717) is 37.1 Å². The Morgan fingerprint density at radius 2 is 1.75 bits per heavy atom. The molecule has 1 N–H and O–H groups in total. The van der Waals surface area contributed by atoms with Gasteiger partial charge in [-0.3, -0.25) is 19.0 Å². The molecule has 0 atom stereocenters. The number of H-pyrrole nitrogens is 1. The number of benzene rings is 2. The van der Waals surface area contributed by atoms with Gasteiger partial charge in [0.2, 0.25) is 5.91 Å². The summed E-state index contributed by atoms with van der Waals surface area (Å²) in [5.74, 6) is -0.921. The predicted molar refractivity (Wildman–Crippen MR) is 122 cm³/mol. The summed E-state index contributed by atoms with van der Waals surface area (Å²) in [5.41, 5.74) is 0.661. The predicted octanol–water partition coefficient (Wildman–Crippen LogP) is 3.23. The number of piperazine rings is 1. The molecule has 0 aliphatic carbocycles. The lowest BCUT2D eigenvalue weighted by atomic mass is 10.1. The summed E-state index contributed by atoms with van der Waals surface area (Å²) in [7, 11) is 0. The lowest BCUT2D eigenvalue weighted by Crippen LogP contribution is -2.50. The van der Waals surface area contributed by atoms with Crippen LogP contribution in [-0.2, 0) is 11.3 Å². The molecule has 1 aliphatic rings. The van der Waals surface area contributed by atoms with E-state index in [9.17, 15) is 18.8 Å². The van der Waals surface area contributed by atoms with Crippen LogP contribution in [0.2, 0.25) is 5.02 Å². The second kappa shape index (κ2) is 9.22. The summed E-state index contributed by atoms with van der Waals surface area (Å²) in [6.07, 6.45) is 0.119. The zero-order chi connectivity index (χ0) is 22.8. The Bertz CT molecular complexity index is 1310. The second-order valence-corrected chi connectivity index (χ2v) is 8.27. The number of halogens is 2. The van der Waals surface area contributed by atoms with Gasteiger partial charge in [-0.25, -0.2) is 4.39 Å². The first-order valence-corrected chi connectivity index (χ1v) is 10.9. The molecule has 3 aromatic rings. The van der Waals surface area contributed by atoms with Gasteiger partial charge >= 0.3 is 0 Å². The summed E-state index contributed by atoms with van der Waals surface area (Å²) in [5, 5.41) is 0.575. The Morgan fingerprint density at radius 1 is 1.06 bits per heavy atom. The third-order valence-electron chi connectivity index (χ3n) is 5.52. The summed E-state index contributed by atoms with van der Waals surface area (Å²) >= 11 is 11.3. The minimum atomic E-state index is -0.507. The second-order valence-electron chi connectivity index (χ2n) is 7.48. The van der Waals surface area contributed by atoms with Crippen molar-refractivity contribution < 1.29 is 14.0 Å². The molecule has 1 aliphatic heterocycles. The number of rotatable bonds is 4. The maximum atomic E-state index is 13.2. The third-order valence-corrected chi connectivity index (χ3v) is 6.15. The fourth-order valence-electron chi connectivity index (χ4n) is 3.76. The molecule has 0 bridgehead atoms. The van der Waals surface area contributed by atoms with Crippen LogP contribution in [0.15, 0.2) is 47.3 Å². The average molecular weight is 475 g/mol. The number of aromatic nitrogens is 2. The van der Waals surface area contributed by atoms with E-state index in [1.54, 1.807) is 28.0 Å². The van der Waals surface area contributed by atoms with E-state index in [4.69, 9.17) is 23.8 Å². The number of nitrogens with zero attached hydrogens (tertiary/aromatic N) is 3. The minimum Gasteiger partial charge on any atom is -0.339 e. The van der Waals surface area contributed by atoms with Crippen molar-refractivity contribution in [2.75, 3.05) is 26.2 Å². The first-order valence-electron chi connectivity index (χ1n) is 10.1. The number of hydrogen-bond acceptors (Lipinski definition) is 4. The molecule has 0 radical (unpaired) electrons. The van der Waals surface area contributed by atoms with Crippen LogP contribution < -0.4 is 5.56 Å². The van der Waals surface area contributed by atoms with Gasteiger partial charge in [-0.15, -0.1) is 0 Å². The van der Waals surface area contributed by atoms with Crippen LogP contribution in [0.25, 0.3) is 10.9 Å². The van der Waals surface area contributed by atoms with Crippen LogP contribution in [0.3, 0.4) is 0 Å². The van der Waals surface area contributed by atoms with Crippen molar-refractivity contribution >= 4 is 46.5 Å². The van der Waals surface area contributed by atoms with E-state index in [2.05, 4.69) is 4.98 Å². The maximum Gasteiger partial charge on any atom is 0.262 e. The quantitative estimate of drug-likeness (QED) is 0.589. The van der Waals surface area contributed by atoms with Gasteiger partial charge in [0.25, 0.3) is 11.5 Å². The van der Waals surface area contributed by atoms with Crippen molar-refractivity contribution in [3.63, 3.8) is 0 Å². The van der Waals surface area contributed by atoms with Gasteiger partial charge in [-0.05, 0) is 42.5 Å². The van der Waals surface area contributed by atoms with Gasteiger partial charge in [-0.2, -0.15) is 0 Å². The topological polar surface area (TPSA) is 78.4 Å². The number of amides is 2. The molecule has 10 heteroatoms. The van der Waals surface area contributed by atoms with Crippen molar-refractivity contribution in [2.45, 2.75) is 13.0 Å². The van der Waals surface area contributed by atoms with Crippen molar-refractivity contribution in [3.8, 4) is 0 Å². The highest BCUT2D eigenvalue weighted by Gasteiger charge is 2.26. The molecule has 0 saturated carbocycles. The molecule has 7 nitrogen and oxygen atoms in total. The van der Waals surface area contributed by atoms with Gasteiger partial charge in [0.15, 0.2) is 4.77 Å². The average Bonchev–Trinajstić information content (AvgIpc) is 2.78. The summed E-state index contributed by atoms with van der Waals surface area (Å²) in [6.45, 7) is 1.58. The normalized spacial score (nSPS) is 14.1. The first kappa shape index (κ1) is 22.2. The molecule has 2 aromatic carbocycles. The van der Waals surface area contributed by atoms with Gasteiger partial charge in [0.1, 0.15) is 5.82 Å². The van der Waals surface area contributed by atoms with Gasteiger partial charge in [0, 0.05) is 39.1 Å². The number of carbonyl (C=O) groups is 2. The summed E-state index contributed by atoms with van der Waals surface area (Å²) in [4.78, 5) is 44.3. The lowest BCUT2D eigenvalue weighted by molar-refractivity contribution is -0.132. The van der Waals surface area contributed by atoms with Gasteiger partial charge in [0.05, 0.1) is 21.5 Å². The minimum absolute atomic E-state index is 0.0610. The van der Waals surface area contributed by atoms with E-state index in [1.807, 2.05) is 6.07 Å². The molecular formula is C22H20ClFN4O3S. The van der Waals surface area contributed by atoms with Crippen molar-refractivity contribution in [2.24, 2.45) is 0 Å². The molecule has 4 rings (SSSR count). The highest BCUT2D eigenvalue weighted by atomic mass is 35.5. The zero-order valence-electron chi connectivity index (χ0n) is 17.0. The number of hydrogen-bond donors (Lipinski definition) is 1. The van der Waals surface area contributed by atoms with Crippen molar-refractivity contribution in [1.82, 2.24) is 19.4 Å². The van der Waals surface area contributed by atoms with Crippen LogP contribution in [0, 0.1) is 10.6 Å². The Balaban J connectivity index is 1.37. The number of aromatic amines is 1. The highest BCUT2D eigenvalue weighted by Crippen LogP contribution is 2.20. The molecule has 0 unspecified atom stereocenters. The van der Waals surface area contributed by atoms with E-state index < -0.39 is 5.82 Å². The molecular weight excluding hydrogens is 455 g/mol. The number of para-hydroxylation sites is 1. The summed E-state index contributed by atoms with van der Waals surface area (Å²) in [6, 6.07) is 10.7.